The maximum atomic E-state index is 6.32. The third-order valence-corrected chi connectivity index (χ3v) is 8.29. The van der Waals surface area contributed by atoms with Crippen molar-refractivity contribution in [3.63, 3.8) is 0 Å². The third kappa shape index (κ3) is 5.79. The van der Waals surface area contributed by atoms with Crippen molar-refractivity contribution in [3.05, 3.63) is 0 Å². The molecule has 0 amide bonds. The van der Waals surface area contributed by atoms with Crippen LogP contribution in [0.1, 0.15) is 105 Å². The molecule has 4 aliphatic rings. The molecule has 4 heteroatoms. The van der Waals surface area contributed by atoms with Gasteiger partial charge in [0.25, 0.3) is 0 Å². The predicted molar refractivity (Wildman–Crippen MR) is 120 cm³/mol. The summed E-state index contributed by atoms with van der Waals surface area (Å²) in [5.74, 6) is 1.15. The van der Waals surface area contributed by atoms with Gasteiger partial charge in [0.2, 0.25) is 0 Å². The Hall–Kier alpha value is -0.160. The number of hydrogen-bond acceptors (Lipinski definition) is 4. The fourth-order valence-corrected chi connectivity index (χ4v) is 6.58. The Labute approximate surface area is 184 Å². The molecule has 0 saturated carbocycles. The predicted octanol–water partition coefficient (Wildman–Crippen LogP) is 6.05. The molecule has 9 atom stereocenters. The molecule has 4 aliphatic heterocycles. The first-order valence-corrected chi connectivity index (χ1v) is 13.1. The van der Waals surface area contributed by atoms with Crippen LogP contribution in [0, 0.1) is 11.8 Å². The van der Waals surface area contributed by atoms with Crippen molar-refractivity contribution < 1.29 is 18.9 Å². The Morgan fingerprint density at radius 1 is 0.467 bits per heavy atom. The van der Waals surface area contributed by atoms with Gasteiger partial charge < -0.3 is 18.9 Å². The van der Waals surface area contributed by atoms with Crippen LogP contribution in [-0.4, -0.2) is 48.8 Å². The molecule has 174 valence electrons. The van der Waals surface area contributed by atoms with E-state index in [-0.39, 0.29) is 0 Å². The van der Waals surface area contributed by atoms with Crippen molar-refractivity contribution in [1.82, 2.24) is 0 Å². The molecule has 0 aromatic heterocycles. The summed E-state index contributed by atoms with van der Waals surface area (Å²) >= 11 is 0. The summed E-state index contributed by atoms with van der Waals surface area (Å²) in [6.07, 6.45) is 18.0. The Balaban J connectivity index is 1.29. The van der Waals surface area contributed by atoms with Gasteiger partial charge in [-0.25, -0.2) is 0 Å². The summed E-state index contributed by atoms with van der Waals surface area (Å²) in [6.45, 7) is 8.91. The van der Waals surface area contributed by atoms with E-state index in [9.17, 15) is 0 Å². The molecule has 0 aromatic carbocycles. The lowest BCUT2D eigenvalue weighted by molar-refractivity contribution is -0.0607. The van der Waals surface area contributed by atoms with Crippen molar-refractivity contribution in [1.29, 1.82) is 0 Å². The molecule has 4 heterocycles. The standard InChI is InChI=1S/C26H46O4/c1-17-9-13-23(27-17)21(24-14-10-18(2)28-24)7-5-6-8-22(25-15-11-19(3)29-25)26-16-12-20(4)30-26/h17-26H,5-16H2,1-4H3/t17?,18?,19?,20?,21?,22?,23-,24?,25?,26?/m0/s1. The number of unbranched alkanes of at least 4 members (excludes halogenated alkanes) is 1. The van der Waals surface area contributed by atoms with Crippen molar-refractivity contribution >= 4 is 0 Å². The monoisotopic (exact) mass is 422 g/mol. The molecule has 4 saturated heterocycles. The second-order valence-electron chi connectivity index (χ2n) is 10.9. The van der Waals surface area contributed by atoms with Crippen LogP contribution in [0.4, 0.5) is 0 Å². The normalized spacial score (nSPS) is 44.0. The zero-order chi connectivity index (χ0) is 21.1. The van der Waals surface area contributed by atoms with Crippen molar-refractivity contribution in [2.45, 2.75) is 154 Å². The van der Waals surface area contributed by atoms with Crippen LogP contribution in [0.5, 0.6) is 0 Å². The first-order valence-electron chi connectivity index (χ1n) is 13.1. The van der Waals surface area contributed by atoms with Crippen LogP contribution in [0.15, 0.2) is 0 Å². The van der Waals surface area contributed by atoms with Crippen LogP contribution in [0.2, 0.25) is 0 Å². The fourth-order valence-electron chi connectivity index (χ4n) is 6.58. The average molecular weight is 423 g/mol. The Bertz CT molecular complexity index is 439. The van der Waals surface area contributed by atoms with E-state index in [0.717, 1.165) is 0 Å². The van der Waals surface area contributed by atoms with Crippen LogP contribution in [-0.2, 0) is 18.9 Å². The quantitative estimate of drug-likeness (QED) is 0.424. The van der Waals surface area contributed by atoms with Gasteiger partial charge in [-0.2, -0.15) is 0 Å². The zero-order valence-electron chi connectivity index (χ0n) is 19.9. The second-order valence-corrected chi connectivity index (χ2v) is 10.9. The molecule has 4 rings (SSSR count). The van der Waals surface area contributed by atoms with Gasteiger partial charge in [0.15, 0.2) is 0 Å². The van der Waals surface area contributed by atoms with E-state index in [1.165, 1.54) is 77.0 Å². The highest BCUT2D eigenvalue weighted by Gasteiger charge is 2.40. The number of ether oxygens (including phenoxy) is 4. The maximum Gasteiger partial charge on any atom is 0.0632 e. The molecule has 0 bridgehead atoms. The highest BCUT2D eigenvalue weighted by molar-refractivity contribution is 4.89. The van der Waals surface area contributed by atoms with Crippen molar-refractivity contribution in [2.75, 3.05) is 0 Å². The molecule has 30 heavy (non-hydrogen) atoms. The minimum Gasteiger partial charge on any atom is -0.375 e. The molecular formula is C26H46O4. The minimum atomic E-state index is 0.407. The Morgan fingerprint density at radius 2 is 0.733 bits per heavy atom. The van der Waals surface area contributed by atoms with Crippen LogP contribution >= 0.6 is 0 Å². The van der Waals surface area contributed by atoms with Crippen LogP contribution in [0.3, 0.4) is 0 Å². The SMILES string of the molecule is CC1CCC(C(CCCCC(C2CCC(C)O2)[C@@H]2CCC(C)O2)C2CCC(C)O2)O1. The van der Waals surface area contributed by atoms with E-state index in [2.05, 4.69) is 27.7 Å². The molecular weight excluding hydrogens is 376 g/mol. The number of rotatable bonds is 9. The molecule has 0 aliphatic carbocycles. The van der Waals surface area contributed by atoms with Crippen molar-refractivity contribution in [2.24, 2.45) is 11.8 Å². The summed E-state index contributed by atoms with van der Waals surface area (Å²) < 4.78 is 25.3. The van der Waals surface area contributed by atoms with E-state index >= 15 is 0 Å². The highest BCUT2D eigenvalue weighted by Crippen LogP contribution is 2.39. The summed E-state index contributed by atoms with van der Waals surface area (Å²) in [5.41, 5.74) is 0. The van der Waals surface area contributed by atoms with E-state index in [0.29, 0.717) is 60.7 Å². The lowest BCUT2D eigenvalue weighted by Gasteiger charge is -2.31. The van der Waals surface area contributed by atoms with Gasteiger partial charge in [0.05, 0.1) is 48.8 Å². The van der Waals surface area contributed by atoms with Gasteiger partial charge in [0.1, 0.15) is 0 Å². The molecule has 0 radical (unpaired) electrons. The summed E-state index contributed by atoms with van der Waals surface area (Å²) in [5, 5.41) is 0. The Kier molecular flexibility index (Phi) is 8.16. The van der Waals surface area contributed by atoms with E-state index < -0.39 is 0 Å². The summed E-state index contributed by atoms with van der Waals surface area (Å²) in [7, 11) is 0. The van der Waals surface area contributed by atoms with E-state index in [1.54, 1.807) is 0 Å². The van der Waals surface area contributed by atoms with Gasteiger partial charge in [0, 0.05) is 11.8 Å². The maximum absolute atomic E-state index is 6.32. The Morgan fingerprint density at radius 3 is 0.933 bits per heavy atom. The first-order chi connectivity index (χ1) is 14.5. The average Bonchev–Trinajstić information content (AvgIpc) is 3.49. The second kappa shape index (κ2) is 10.6. The molecule has 4 nitrogen and oxygen atoms in total. The van der Waals surface area contributed by atoms with Gasteiger partial charge >= 0.3 is 0 Å². The van der Waals surface area contributed by atoms with Crippen LogP contribution < -0.4 is 0 Å². The van der Waals surface area contributed by atoms with Gasteiger partial charge in [-0.05, 0) is 91.9 Å². The highest BCUT2D eigenvalue weighted by atomic mass is 16.5. The zero-order valence-corrected chi connectivity index (χ0v) is 19.9. The largest absolute Gasteiger partial charge is 0.375 e. The van der Waals surface area contributed by atoms with E-state index in [1.807, 2.05) is 0 Å². The molecule has 0 N–H and O–H groups in total. The van der Waals surface area contributed by atoms with Gasteiger partial charge in [-0.15, -0.1) is 0 Å². The summed E-state index contributed by atoms with van der Waals surface area (Å²) in [4.78, 5) is 0. The minimum absolute atomic E-state index is 0.407. The smallest absolute Gasteiger partial charge is 0.0632 e. The van der Waals surface area contributed by atoms with Gasteiger partial charge in [-0.1, -0.05) is 12.8 Å². The lowest BCUT2D eigenvalue weighted by atomic mass is 9.84. The molecule has 4 fully saturated rings. The molecule has 8 unspecified atom stereocenters. The summed E-state index contributed by atoms with van der Waals surface area (Å²) in [6, 6.07) is 0. The topological polar surface area (TPSA) is 36.9 Å². The van der Waals surface area contributed by atoms with Gasteiger partial charge in [-0.3, -0.25) is 0 Å². The number of hydrogen-bond donors (Lipinski definition) is 0. The lowest BCUT2D eigenvalue weighted by Crippen LogP contribution is -2.33. The first kappa shape index (κ1) is 23.0. The van der Waals surface area contributed by atoms with Crippen LogP contribution in [0.25, 0.3) is 0 Å². The van der Waals surface area contributed by atoms with E-state index in [4.69, 9.17) is 18.9 Å². The molecule has 0 aromatic rings. The van der Waals surface area contributed by atoms with Crippen molar-refractivity contribution in [3.8, 4) is 0 Å². The third-order valence-electron chi connectivity index (χ3n) is 8.29. The molecule has 0 spiro atoms. The fraction of sp³-hybridized carbons (Fsp3) is 1.00.